The van der Waals surface area contributed by atoms with Crippen molar-refractivity contribution < 1.29 is 4.74 Å². The fraction of sp³-hybridized carbons (Fsp3) is 0.778. The van der Waals surface area contributed by atoms with Crippen LogP contribution in [0.5, 0.6) is 0 Å². The van der Waals surface area contributed by atoms with Crippen LogP contribution >= 0.6 is 0 Å². The molecule has 1 aliphatic rings. The van der Waals surface area contributed by atoms with Crippen LogP contribution in [-0.2, 0) is 11.8 Å². The number of ether oxygens (including phenoxy) is 1. The summed E-state index contributed by atoms with van der Waals surface area (Å²) in [5, 5.41) is 7.70. The van der Waals surface area contributed by atoms with Gasteiger partial charge in [0.05, 0.1) is 23.5 Å². The van der Waals surface area contributed by atoms with E-state index in [0.717, 1.165) is 18.5 Å². The van der Waals surface area contributed by atoms with E-state index < -0.39 is 0 Å². The minimum Gasteiger partial charge on any atom is -0.376 e. The molecule has 0 saturated heterocycles. The third-order valence-corrected chi connectivity index (χ3v) is 3.24. The second-order valence-electron chi connectivity index (χ2n) is 3.88. The van der Waals surface area contributed by atoms with E-state index in [0.29, 0.717) is 0 Å². The number of rotatable bonds is 3. The first kappa shape index (κ1) is 9.61. The maximum atomic E-state index is 6.17. The van der Waals surface area contributed by atoms with Crippen LogP contribution in [0.4, 0.5) is 0 Å². The van der Waals surface area contributed by atoms with Crippen molar-refractivity contribution in [3.8, 4) is 0 Å². The van der Waals surface area contributed by atoms with E-state index in [1.807, 2.05) is 7.05 Å². The lowest BCUT2D eigenvalue weighted by Crippen LogP contribution is -2.49. The van der Waals surface area contributed by atoms with Gasteiger partial charge in [-0.2, -0.15) is 0 Å². The number of hydrogen-bond donors (Lipinski definition) is 1. The summed E-state index contributed by atoms with van der Waals surface area (Å²) in [6, 6.07) is -0.124. The Morgan fingerprint density at radius 3 is 2.71 bits per heavy atom. The number of nitrogens with zero attached hydrogens (tertiary/aromatic N) is 3. The highest BCUT2D eigenvalue weighted by atomic mass is 16.5. The molecule has 14 heavy (non-hydrogen) atoms. The van der Waals surface area contributed by atoms with Crippen LogP contribution in [-0.4, -0.2) is 27.7 Å². The van der Waals surface area contributed by atoms with Gasteiger partial charge in [0, 0.05) is 14.2 Å². The Hall–Kier alpha value is -0.940. The lowest BCUT2D eigenvalue weighted by molar-refractivity contribution is -0.0926. The van der Waals surface area contributed by atoms with Crippen molar-refractivity contribution in [3.05, 3.63) is 11.9 Å². The maximum absolute atomic E-state index is 6.17. The van der Waals surface area contributed by atoms with Crippen LogP contribution < -0.4 is 5.73 Å². The highest BCUT2D eigenvalue weighted by Crippen LogP contribution is 2.43. The topological polar surface area (TPSA) is 66.0 Å². The predicted octanol–water partition coefficient (Wildman–Crippen LogP) is 0.384. The van der Waals surface area contributed by atoms with Crippen LogP contribution in [0.2, 0.25) is 0 Å². The number of nitrogens with two attached hydrogens (primary N) is 1. The molecule has 78 valence electrons. The molecule has 1 aliphatic carbocycles. The van der Waals surface area contributed by atoms with E-state index in [-0.39, 0.29) is 11.6 Å². The van der Waals surface area contributed by atoms with Gasteiger partial charge in [0.2, 0.25) is 0 Å². The molecule has 0 spiro atoms. The molecule has 1 saturated carbocycles. The molecule has 0 amide bonds. The summed E-state index contributed by atoms with van der Waals surface area (Å²) >= 11 is 0. The Morgan fingerprint density at radius 2 is 2.36 bits per heavy atom. The standard InChI is InChI=1S/C9H16N4O/c1-13-7(6-11-12-13)8(10)9(14-2)4-3-5-9/h6,8H,3-5,10H2,1-2H3. The molecular formula is C9H16N4O. The third kappa shape index (κ3) is 1.24. The zero-order valence-electron chi connectivity index (χ0n) is 8.60. The first-order valence-corrected chi connectivity index (χ1v) is 4.85. The van der Waals surface area contributed by atoms with E-state index in [2.05, 4.69) is 10.3 Å². The largest absolute Gasteiger partial charge is 0.376 e. The number of hydrogen-bond acceptors (Lipinski definition) is 4. The summed E-state index contributed by atoms with van der Waals surface area (Å²) in [4.78, 5) is 0. The second-order valence-corrected chi connectivity index (χ2v) is 3.88. The van der Waals surface area contributed by atoms with E-state index in [4.69, 9.17) is 10.5 Å². The van der Waals surface area contributed by atoms with Crippen LogP contribution in [0.3, 0.4) is 0 Å². The minimum absolute atomic E-state index is 0.124. The zero-order chi connectivity index (χ0) is 10.2. The van der Waals surface area contributed by atoms with Gasteiger partial charge in [0.1, 0.15) is 0 Å². The molecule has 1 heterocycles. The Balaban J connectivity index is 2.22. The Bertz CT molecular complexity index is 313. The smallest absolute Gasteiger partial charge is 0.0886 e. The average molecular weight is 196 g/mol. The van der Waals surface area contributed by atoms with E-state index in [1.54, 1.807) is 18.0 Å². The molecule has 5 heteroatoms. The fourth-order valence-corrected chi connectivity index (χ4v) is 2.02. The zero-order valence-corrected chi connectivity index (χ0v) is 8.60. The Labute approximate surface area is 83.2 Å². The molecule has 1 unspecified atom stereocenters. The first-order valence-electron chi connectivity index (χ1n) is 4.85. The molecule has 2 N–H and O–H groups in total. The molecule has 1 aromatic rings. The monoisotopic (exact) mass is 196 g/mol. The Kier molecular flexibility index (Phi) is 2.28. The molecule has 0 aromatic carbocycles. The van der Waals surface area contributed by atoms with Crippen molar-refractivity contribution in [1.82, 2.24) is 15.0 Å². The molecule has 5 nitrogen and oxygen atoms in total. The second kappa shape index (κ2) is 3.33. The van der Waals surface area contributed by atoms with Crippen molar-refractivity contribution in [2.75, 3.05) is 7.11 Å². The Morgan fingerprint density at radius 1 is 1.64 bits per heavy atom. The quantitative estimate of drug-likeness (QED) is 0.759. The van der Waals surface area contributed by atoms with Crippen LogP contribution in [0.1, 0.15) is 31.0 Å². The molecule has 1 atom stereocenters. The third-order valence-electron chi connectivity index (χ3n) is 3.24. The van der Waals surface area contributed by atoms with Gasteiger partial charge < -0.3 is 10.5 Å². The molecule has 1 fully saturated rings. The minimum atomic E-state index is -0.185. The summed E-state index contributed by atoms with van der Waals surface area (Å²) in [5.41, 5.74) is 6.92. The van der Waals surface area contributed by atoms with Gasteiger partial charge in [-0.1, -0.05) is 5.21 Å². The van der Waals surface area contributed by atoms with Gasteiger partial charge in [-0.05, 0) is 19.3 Å². The normalized spacial score (nSPS) is 21.6. The summed E-state index contributed by atoms with van der Waals surface area (Å²) in [7, 11) is 3.58. The van der Waals surface area contributed by atoms with Crippen LogP contribution in [0.15, 0.2) is 6.20 Å². The summed E-state index contributed by atoms with van der Waals surface area (Å²) in [5.74, 6) is 0. The van der Waals surface area contributed by atoms with Gasteiger partial charge in [-0.25, -0.2) is 0 Å². The van der Waals surface area contributed by atoms with Crippen molar-refractivity contribution in [2.24, 2.45) is 12.8 Å². The van der Waals surface area contributed by atoms with Crippen molar-refractivity contribution in [3.63, 3.8) is 0 Å². The molecule has 0 aliphatic heterocycles. The van der Waals surface area contributed by atoms with E-state index in [1.165, 1.54) is 6.42 Å². The van der Waals surface area contributed by atoms with Crippen molar-refractivity contribution in [2.45, 2.75) is 30.9 Å². The molecule has 2 rings (SSSR count). The summed E-state index contributed by atoms with van der Waals surface area (Å²) in [6.45, 7) is 0. The summed E-state index contributed by atoms with van der Waals surface area (Å²) < 4.78 is 7.23. The van der Waals surface area contributed by atoms with Crippen LogP contribution in [0, 0.1) is 0 Å². The van der Waals surface area contributed by atoms with Gasteiger partial charge in [0.25, 0.3) is 0 Å². The highest BCUT2D eigenvalue weighted by molar-refractivity contribution is 5.12. The molecule has 0 radical (unpaired) electrons. The lowest BCUT2D eigenvalue weighted by Gasteiger charge is -2.44. The van der Waals surface area contributed by atoms with Gasteiger partial charge >= 0.3 is 0 Å². The van der Waals surface area contributed by atoms with Gasteiger partial charge in [0.15, 0.2) is 0 Å². The lowest BCUT2D eigenvalue weighted by atomic mass is 9.74. The number of methoxy groups -OCH3 is 1. The van der Waals surface area contributed by atoms with Gasteiger partial charge in [-0.3, -0.25) is 4.68 Å². The number of aryl methyl sites for hydroxylation is 1. The average Bonchev–Trinajstić information content (AvgIpc) is 2.50. The van der Waals surface area contributed by atoms with Crippen LogP contribution in [0.25, 0.3) is 0 Å². The van der Waals surface area contributed by atoms with Crippen molar-refractivity contribution in [1.29, 1.82) is 0 Å². The van der Waals surface area contributed by atoms with Gasteiger partial charge in [-0.15, -0.1) is 5.10 Å². The fourth-order valence-electron chi connectivity index (χ4n) is 2.02. The van der Waals surface area contributed by atoms with Crippen molar-refractivity contribution >= 4 is 0 Å². The predicted molar refractivity (Wildman–Crippen MR) is 51.5 cm³/mol. The number of aromatic nitrogens is 3. The summed E-state index contributed by atoms with van der Waals surface area (Å²) in [6.07, 6.45) is 4.95. The highest BCUT2D eigenvalue weighted by Gasteiger charge is 2.44. The van der Waals surface area contributed by atoms with E-state index >= 15 is 0 Å². The molecule has 0 bridgehead atoms. The SMILES string of the molecule is COC1(C(N)c2cnnn2C)CCC1. The van der Waals surface area contributed by atoms with E-state index in [9.17, 15) is 0 Å². The first-order chi connectivity index (χ1) is 6.69. The molecular weight excluding hydrogens is 180 g/mol. The maximum Gasteiger partial charge on any atom is 0.0886 e. The molecule has 1 aromatic heterocycles.